The van der Waals surface area contributed by atoms with Crippen LogP contribution in [0.4, 0.5) is 0 Å². The Balaban J connectivity index is 0.00000256. The topological polar surface area (TPSA) is 57.2 Å². The number of unbranched alkanes of at least 4 members (excludes halogenated alkanes) is 3. The quantitative estimate of drug-likeness (QED) is 0.403. The summed E-state index contributed by atoms with van der Waals surface area (Å²) in [6.45, 7) is 2.14. The van der Waals surface area contributed by atoms with Gasteiger partial charge in [-0.3, -0.25) is 0 Å². The summed E-state index contributed by atoms with van der Waals surface area (Å²) in [6, 6.07) is 6.31. The number of hydrogen-bond donors (Lipinski definition) is 0. The minimum atomic E-state index is -4.31. The van der Waals surface area contributed by atoms with Crippen LogP contribution in [-0.2, 0) is 16.5 Å². The van der Waals surface area contributed by atoms with Crippen molar-refractivity contribution in [3.63, 3.8) is 0 Å². The molecule has 5 heteroatoms. The third-order valence-electron chi connectivity index (χ3n) is 2.51. The Morgan fingerprint density at radius 3 is 2.47 bits per heavy atom. The van der Waals surface area contributed by atoms with Crippen LogP contribution in [0.15, 0.2) is 29.2 Å². The van der Waals surface area contributed by atoms with Gasteiger partial charge in [-0.1, -0.05) is 38.3 Å². The molecule has 17 heavy (non-hydrogen) atoms. The van der Waals surface area contributed by atoms with Gasteiger partial charge >= 0.3 is 29.6 Å². The Kier molecular flexibility index (Phi) is 8.33. The third kappa shape index (κ3) is 6.58. The summed E-state index contributed by atoms with van der Waals surface area (Å²) >= 11 is 0. The predicted molar refractivity (Wildman–Crippen MR) is 62.3 cm³/mol. The van der Waals surface area contributed by atoms with E-state index in [1.165, 1.54) is 25.0 Å². The number of rotatable bonds is 6. The van der Waals surface area contributed by atoms with E-state index in [0.29, 0.717) is 0 Å². The number of aryl methyl sites for hydroxylation is 1. The molecule has 0 N–H and O–H groups in total. The van der Waals surface area contributed by atoms with Gasteiger partial charge in [-0.05, 0) is 30.5 Å². The van der Waals surface area contributed by atoms with Crippen molar-refractivity contribution >= 4 is 10.1 Å². The molecule has 0 atom stereocenters. The largest absolute Gasteiger partial charge is 1.00 e. The maximum absolute atomic E-state index is 10.8. The normalized spacial score (nSPS) is 10.9. The van der Waals surface area contributed by atoms with E-state index < -0.39 is 10.1 Å². The summed E-state index contributed by atoms with van der Waals surface area (Å²) in [4.78, 5) is -0.125. The maximum atomic E-state index is 10.8. The van der Waals surface area contributed by atoms with Crippen molar-refractivity contribution in [3.05, 3.63) is 29.8 Å². The molecule has 0 radical (unpaired) electrons. The van der Waals surface area contributed by atoms with Gasteiger partial charge in [0.2, 0.25) is 0 Å². The molecule has 0 saturated carbocycles. The first-order valence-electron chi connectivity index (χ1n) is 5.59. The number of hydrogen-bond acceptors (Lipinski definition) is 3. The fraction of sp³-hybridized carbons (Fsp3) is 0.500. The first kappa shape index (κ1) is 17.1. The molecule has 0 bridgehead atoms. The zero-order valence-corrected chi connectivity index (χ0v) is 13.3. The molecule has 90 valence electrons. The molecule has 0 heterocycles. The molecule has 0 saturated heterocycles. The van der Waals surface area contributed by atoms with Gasteiger partial charge in [-0.2, -0.15) is 0 Å². The van der Waals surface area contributed by atoms with Crippen molar-refractivity contribution in [3.8, 4) is 0 Å². The van der Waals surface area contributed by atoms with Gasteiger partial charge in [0.25, 0.3) is 0 Å². The molecule has 0 amide bonds. The Hall–Kier alpha value is 0.130. The van der Waals surface area contributed by atoms with Crippen LogP contribution in [-0.4, -0.2) is 13.0 Å². The van der Waals surface area contributed by atoms with Crippen LogP contribution >= 0.6 is 0 Å². The van der Waals surface area contributed by atoms with Gasteiger partial charge in [0.05, 0.1) is 4.90 Å². The molecule has 0 spiro atoms. The maximum Gasteiger partial charge on any atom is 1.00 e. The SMILES string of the molecule is CCCCCCc1cccc(S(=O)(=O)[O-])c1.[Na+]. The van der Waals surface area contributed by atoms with Crippen LogP contribution < -0.4 is 29.6 Å². The van der Waals surface area contributed by atoms with E-state index in [4.69, 9.17) is 0 Å². The average Bonchev–Trinajstić information content (AvgIpc) is 2.24. The minimum Gasteiger partial charge on any atom is -0.744 e. The molecule has 1 rings (SSSR count). The van der Waals surface area contributed by atoms with E-state index in [9.17, 15) is 13.0 Å². The Morgan fingerprint density at radius 2 is 1.88 bits per heavy atom. The molecule has 0 unspecified atom stereocenters. The molecular weight excluding hydrogens is 247 g/mol. The van der Waals surface area contributed by atoms with Gasteiger partial charge < -0.3 is 4.55 Å². The Labute approximate surface area is 126 Å². The molecule has 0 aliphatic carbocycles. The zero-order chi connectivity index (χ0) is 12.0. The summed E-state index contributed by atoms with van der Waals surface area (Å²) in [7, 11) is -4.31. The summed E-state index contributed by atoms with van der Waals surface area (Å²) < 4.78 is 32.4. The fourth-order valence-corrected chi connectivity index (χ4v) is 2.15. The monoisotopic (exact) mass is 264 g/mol. The average molecular weight is 264 g/mol. The zero-order valence-electron chi connectivity index (χ0n) is 10.5. The smallest absolute Gasteiger partial charge is 0.744 e. The molecule has 1 aromatic carbocycles. The molecular formula is C12H17NaO3S. The first-order valence-corrected chi connectivity index (χ1v) is 6.99. The van der Waals surface area contributed by atoms with Crippen molar-refractivity contribution in [2.45, 2.75) is 43.9 Å². The first-order chi connectivity index (χ1) is 7.54. The standard InChI is InChI=1S/C12H18O3S.Na/c1-2-3-4-5-7-11-8-6-9-12(10-11)16(13,14)15;/h6,8-10H,2-5,7H2,1H3,(H,13,14,15);/q;+1/p-1. The molecule has 3 nitrogen and oxygen atoms in total. The summed E-state index contributed by atoms with van der Waals surface area (Å²) in [6.07, 6.45) is 5.39. The second-order valence-corrected chi connectivity index (χ2v) is 5.29. The van der Waals surface area contributed by atoms with Crippen molar-refractivity contribution in [1.29, 1.82) is 0 Å². The van der Waals surface area contributed by atoms with Crippen LogP contribution in [0.1, 0.15) is 38.2 Å². The van der Waals surface area contributed by atoms with Crippen LogP contribution in [0.2, 0.25) is 0 Å². The van der Waals surface area contributed by atoms with E-state index in [2.05, 4.69) is 6.92 Å². The van der Waals surface area contributed by atoms with Gasteiger partial charge in [0.1, 0.15) is 10.1 Å². The van der Waals surface area contributed by atoms with E-state index in [1.807, 2.05) is 6.07 Å². The van der Waals surface area contributed by atoms with Gasteiger partial charge in [0.15, 0.2) is 0 Å². The van der Waals surface area contributed by atoms with Crippen LogP contribution in [0, 0.1) is 0 Å². The minimum absolute atomic E-state index is 0. The fourth-order valence-electron chi connectivity index (χ4n) is 1.61. The molecule has 0 fully saturated rings. The van der Waals surface area contributed by atoms with E-state index in [1.54, 1.807) is 6.07 Å². The van der Waals surface area contributed by atoms with Gasteiger partial charge in [-0.15, -0.1) is 0 Å². The Morgan fingerprint density at radius 1 is 1.18 bits per heavy atom. The van der Waals surface area contributed by atoms with Crippen molar-refractivity contribution < 1.29 is 42.5 Å². The van der Waals surface area contributed by atoms with Crippen LogP contribution in [0.3, 0.4) is 0 Å². The summed E-state index contributed by atoms with van der Waals surface area (Å²) in [5.74, 6) is 0. The molecule has 0 aromatic heterocycles. The molecule has 0 aliphatic heterocycles. The Bertz CT molecular complexity index is 429. The summed E-state index contributed by atoms with van der Waals surface area (Å²) in [5, 5.41) is 0. The van der Waals surface area contributed by atoms with Gasteiger partial charge in [-0.25, -0.2) is 8.42 Å². The van der Waals surface area contributed by atoms with E-state index in [-0.39, 0.29) is 34.5 Å². The second-order valence-electron chi connectivity index (χ2n) is 3.91. The van der Waals surface area contributed by atoms with Crippen molar-refractivity contribution in [2.24, 2.45) is 0 Å². The second kappa shape index (κ2) is 8.27. The van der Waals surface area contributed by atoms with Crippen LogP contribution in [0.5, 0.6) is 0 Å². The van der Waals surface area contributed by atoms with Crippen molar-refractivity contribution in [1.82, 2.24) is 0 Å². The van der Waals surface area contributed by atoms with E-state index in [0.717, 1.165) is 24.8 Å². The third-order valence-corrected chi connectivity index (χ3v) is 3.34. The molecule has 1 aromatic rings. The van der Waals surface area contributed by atoms with Crippen LogP contribution in [0.25, 0.3) is 0 Å². The van der Waals surface area contributed by atoms with E-state index >= 15 is 0 Å². The molecule has 0 aliphatic rings. The predicted octanol–water partition coefficient (Wildman–Crippen LogP) is -0.282. The number of benzene rings is 1. The summed E-state index contributed by atoms with van der Waals surface area (Å²) in [5.41, 5.74) is 0.924. The van der Waals surface area contributed by atoms with Crippen molar-refractivity contribution in [2.75, 3.05) is 0 Å². The van der Waals surface area contributed by atoms with Gasteiger partial charge in [0, 0.05) is 0 Å².